The Hall–Kier alpha value is -1.57. The Labute approximate surface area is 153 Å². The number of ether oxygens (including phenoxy) is 2. The van der Waals surface area contributed by atoms with Crippen LogP contribution in [0.4, 0.5) is 4.79 Å². The number of esters is 1. The molecule has 0 rings (SSSR count). The zero-order chi connectivity index (χ0) is 19.5. The SMILES string of the molecule is CCOC(=O)[C@H](CCC(=O)CCCSC(C)=O)NC(=O)OC(C)(C)C. The van der Waals surface area contributed by atoms with E-state index in [1.54, 1.807) is 27.7 Å². The van der Waals surface area contributed by atoms with Gasteiger partial charge in [0, 0.05) is 25.5 Å². The van der Waals surface area contributed by atoms with Crippen LogP contribution < -0.4 is 5.32 Å². The Morgan fingerprint density at radius 2 is 1.76 bits per heavy atom. The van der Waals surface area contributed by atoms with Crippen LogP contribution in [0.5, 0.6) is 0 Å². The van der Waals surface area contributed by atoms with Gasteiger partial charge in [0.25, 0.3) is 0 Å². The number of alkyl carbamates (subject to hydrolysis) is 1. The highest BCUT2D eigenvalue weighted by Crippen LogP contribution is 2.11. The number of hydrogen-bond donors (Lipinski definition) is 1. The highest BCUT2D eigenvalue weighted by atomic mass is 32.2. The van der Waals surface area contributed by atoms with Crippen molar-refractivity contribution in [1.82, 2.24) is 5.32 Å². The Balaban J connectivity index is 4.44. The van der Waals surface area contributed by atoms with Gasteiger partial charge >= 0.3 is 12.1 Å². The van der Waals surface area contributed by atoms with Crippen LogP contribution in [0.15, 0.2) is 0 Å². The summed E-state index contributed by atoms with van der Waals surface area (Å²) < 4.78 is 10.1. The lowest BCUT2D eigenvalue weighted by Crippen LogP contribution is -2.44. The molecule has 8 heteroatoms. The van der Waals surface area contributed by atoms with Crippen LogP contribution in [0, 0.1) is 0 Å². The van der Waals surface area contributed by atoms with E-state index < -0.39 is 23.7 Å². The molecule has 144 valence electrons. The molecule has 0 aliphatic heterocycles. The van der Waals surface area contributed by atoms with Crippen LogP contribution in [0.1, 0.15) is 60.3 Å². The number of hydrogen-bond acceptors (Lipinski definition) is 7. The van der Waals surface area contributed by atoms with Crippen LogP contribution in [0.25, 0.3) is 0 Å². The van der Waals surface area contributed by atoms with Gasteiger partial charge in [-0.2, -0.15) is 0 Å². The molecule has 0 aliphatic rings. The van der Waals surface area contributed by atoms with E-state index in [9.17, 15) is 19.2 Å². The fourth-order valence-electron chi connectivity index (χ4n) is 1.86. The Morgan fingerprint density at radius 1 is 1.12 bits per heavy atom. The maximum atomic E-state index is 11.9. The Bertz CT molecular complexity index is 472. The van der Waals surface area contributed by atoms with Gasteiger partial charge in [0.2, 0.25) is 0 Å². The number of rotatable bonds is 10. The smallest absolute Gasteiger partial charge is 0.408 e. The van der Waals surface area contributed by atoms with Crippen molar-refractivity contribution in [2.24, 2.45) is 0 Å². The first-order valence-corrected chi connectivity index (χ1v) is 9.35. The van der Waals surface area contributed by atoms with E-state index in [0.717, 1.165) is 0 Å². The predicted molar refractivity (Wildman–Crippen MR) is 96.4 cm³/mol. The summed E-state index contributed by atoms with van der Waals surface area (Å²) >= 11 is 1.18. The molecule has 0 radical (unpaired) electrons. The fourth-order valence-corrected chi connectivity index (χ4v) is 2.43. The average Bonchev–Trinajstić information content (AvgIpc) is 2.46. The van der Waals surface area contributed by atoms with E-state index in [1.165, 1.54) is 18.7 Å². The molecular formula is C17H29NO6S. The number of thioether (sulfide) groups is 1. The minimum atomic E-state index is -0.926. The molecule has 0 bridgehead atoms. The van der Waals surface area contributed by atoms with Gasteiger partial charge in [0.1, 0.15) is 17.4 Å². The van der Waals surface area contributed by atoms with E-state index in [-0.39, 0.29) is 30.3 Å². The lowest BCUT2D eigenvalue weighted by molar-refractivity contribution is -0.145. The van der Waals surface area contributed by atoms with Crippen LogP contribution >= 0.6 is 11.8 Å². The van der Waals surface area contributed by atoms with Crippen molar-refractivity contribution in [3.8, 4) is 0 Å². The van der Waals surface area contributed by atoms with Crippen molar-refractivity contribution in [3.63, 3.8) is 0 Å². The van der Waals surface area contributed by atoms with Gasteiger partial charge in [-0.25, -0.2) is 9.59 Å². The fraction of sp³-hybridized carbons (Fsp3) is 0.765. The molecule has 0 aromatic heterocycles. The number of carbonyl (C=O) groups is 4. The summed E-state index contributed by atoms with van der Waals surface area (Å²) in [6, 6.07) is -0.926. The molecule has 0 fully saturated rings. The van der Waals surface area contributed by atoms with Crippen molar-refractivity contribution in [3.05, 3.63) is 0 Å². The third kappa shape index (κ3) is 13.4. The van der Waals surface area contributed by atoms with Crippen LogP contribution in [0.2, 0.25) is 0 Å². The summed E-state index contributed by atoms with van der Waals surface area (Å²) in [7, 11) is 0. The molecule has 1 N–H and O–H groups in total. The standard InChI is InChI=1S/C17H29NO6S/c1-6-23-15(21)14(18-16(22)24-17(3,4)5)10-9-13(20)8-7-11-25-12(2)19/h14H,6-11H2,1-5H3,(H,18,22)/t14-/m0/s1. The summed E-state index contributed by atoms with van der Waals surface area (Å²) in [5.41, 5.74) is -0.687. The second kappa shape index (κ2) is 11.9. The number of ketones is 1. The van der Waals surface area contributed by atoms with Crippen molar-refractivity contribution < 1.29 is 28.7 Å². The number of nitrogens with one attached hydrogen (secondary N) is 1. The summed E-state index contributed by atoms with van der Waals surface area (Å²) in [4.78, 5) is 46.5. The van der Waals surface area contributed by atoms with E-state index in [0.29, 0.717) is 18.6 Å². The molecule has 25 heavy (non-hydrogen) atoms. The van der Waals surface area contributed by atoms with Gasteiger partial charge in [0.15, 0.2) is 5.12 Å². The summed E-state index contributed by atoms with van der Waals surface area (Å²) in [5, 5.41) is 2.48. The highest BCUT2D eigenvalue weighted by Gasteiger charge is 2.25. The minimum absolute atomic E-state index is 0.0237. The highest BCUT2D eigenvalue weighted by molar-refractivity contribution is 8.13. The third-order valence-electron chi connectivity index (χ3n) is 2.88. The zero-order valence-corrected chi connectivity index (χ0v) is 16.5. The lowest BCUT2D eigenvalue weighted by atomic mass is 10.1. The van der Waals surface area contributed by atoms with E-state index in [1.807, 2.05) is 0 Å². The van der Waals surface area contributed by atoms with Crippen molar-refractivity contribution >= 4 is 34.7 Å². The molecule has 1 amide bonds. The van der Waals surface area contributed by atoms with Gasteiger partial charge in [0.05, 0.1) is 6.61 Å². The topological polar surface area (TPSA) is 98.8 Å². The van der Waals surface area contributed by atoms with Crippen molar-refractivity contribution in [1.29, 1.82) is 0 Å². The Morgan fingerprint density at radius 3 is 2.28 bits per heavy atom. The largest absolute Gasteiger partial charge is 0.464 e. The van der Waals surface area contributed by atoms with Crippen molar-refractivity contribution in [2.45, 2.75) is 71.9 Å². The monoisotopic (exact) mass is 375 g/mol. The second-order valence-corrected chi connectivity index (χ2v) is 7.74. The van der Waals surface area contributed by atoms with E-state index in [2.05, 4.69) is 5.32 Å². The molecule has 7 nitrogen and oxygen atoms in total. The molecule has 0 aliphatic carbocycles. The summed E-state index contributed by atoms with van der Waals surface area (Å²) in [6.45, 7) is 8.48. The molecule has 0 saturated heterocycles. The summed E-state index contributed by atoms with van der Waals surface area (Å²) in [5.74, 6) is -0.0174. The molecule has 0 aromatic rings. The Kier molecular flexibility index (Phi) is 11.1. The molecule has 0 aromatic carbocycles. The van der Waals surface area contributed by atoms with Crippen molar-refractivity contribution in [2.75, 3.05) is 12.4 Å². The molecule has 0 saturated carbocycles. The molecule has 0 heterocycles. The molecule has 0 spiro atoms. The number of carbonyl (C=O) groups excluding carboxylic acids is 4. The first-order chi connectivity index (χ1) is 11.5. The van der Waals surface area contributed by atoms with Gasteiger partial charge in [-0.1, -0.05) is 11.8 Å². The molecule has 1 atom stereocenters. The van der Waals surface area contributed by atoms with Crippen LogP contribution in [-0.4, -0.2) is 47.0 Å². The summed E-state index contributed by atoms with van der Waals surface area (Å²) in [6.07, 6.45) is 0.506. The molecular weight excluding hydrogens is 346 g/mol. The minimum Gasteiger partial charge on any atom is -0.464 e. The van der Waals surface area contributed by atoms with Gasteiger partial charge in [-0.3, -0.25) is 9.59 Å². The van der Waals surface area contributed by atoms with Gasteiger partial charge < -0.3 is 14.8 Å². The number of Topliss-reactive ketones (excluding diaryl/α,β-unsaturated/α-hetero) is 1. The van der Waals surface area contributed by atoms with Crippen LogP contribution in [-0.2, 0) is 23.9 Å². The quantitative estimate of drug-likeness (QED) is 0.463. The van der Waals surface area contributed by atoms with E-state index in [4.69, 9.17) is 9.47 Å². The van der Waals surface area contributed by atoms with Gasteiger partial charge in [-0.05, 0) is 40.5 Å². The van der Waals surface area contributed by atoms with Crippen LogP contribution in [0.3, 0.4) is 0 Å². The first kappa shape index (κ1) is 23.4. The normalized spacial score (nSPS) is 12.2. The first-order valence-electron chi connectivity index (χ1n) is 8.36. The maximum absolute atomic E-state index is 11.9. The predicted octanol–water partition coefficient (Wildman–Crippen LogP) is 2.85. The second-order valence-electron chi connectivity index (χ2n) is 6.47. The lowest BCUT2D eigenvalue weighted by Gasteiger charge is -2.22. The van der Waals surface area contributed by atoms with Gasteiger partial charge in [-0.15, -0.1) is 0 Å². The van der Waals surface area contributed by atoms with E-state index >= 15 is 0 Å². The number of amides is 1. The molecule has 0 unspecified atom stereocenters. The zero-order valence-electron chi connectivity index (χ0n) is 15.7. The average molecular weight is 375 g/mol. The third-order valence-corrected chi connectivity index (χ3v) is 3.78. The maximum Gasteiger partial charge on any atom is 0.408 e.